The fraction of sp³-hybridized carbons (Fsp3) is 0.111. The van der Waals surface area contributed by atoms with Gasteiger partial charge in [0.25, 0.3) is 0 Å². The monoisotopic (exact) mass is 219 g/mol. The predicted octanol–water partition coefficient (Wildman–Crippen LogP) is 3.84. The van der Waals surface area contributed by atoms with Crippen molar-refractivity contribution in [2.24, 2.45) is 0 Å². The molecule has 1 N–H and O–H groups in total. The number of H-pyrrole nitrogens is 1. The maximum Gasteiger partial charge on any atom is 0.431 e. The molecular weight excluding hydrogens is 215 g/mol. The van der Waals surface area contributed by atoms with Gasteiger partial charge in [-0.2, -0.15) is 13.2 Å². The average molecular weight is 220 g/mol. The minimum atomic E-state index is -4.34. The lowest BCUT2D eigenvalue weighted by Crippen LogP contribution is -2.04. The van der Waals surface area contributed by atoms with Gasteiger partial charge in [0.2, 0.25) is 0 Å². The Kier molecular flexibility index (Phi) is 1.96. The molecule has 0 saturated heterocycles. The first-order valence-electron chi connectivity index (χ1n) is 3.82. The third-order valence-electron chi connectivity index (χ3n) is 1.89. The van der Waals surface area contributed by atoms with Crippen molar-refractivity contribution in [3.05, 3.63) is 35.0 Å². The number of halogens is 4. The van der Waals surface area contributed by atoms with Gasteiger partial charge in [-0.25, -0.2) is 0 Å². The number of hydrogen-bond acceptors (Lipinski definition) is 0. The molecule has 0 spiro atoms. The summed E-state index contributed by atoms with van der Waals surface area (Å²) in [5.41, 5.74) is -0.361. The van der Waals surface area contributed by atoms with Gasteiger partial charge in [-0.3, -0.25) is 0 Å². The van der Waals surface area contributed by atoms with Crippen LogP contribution in [0.5, 0.6) is 0 Å². The van der Waals surface area contributed by atoms with Crippen LogP contribution in [0.3, 0.4) is 0 Å². The van der Waals surface area contributed by atoms with Crippen LogP contribution in [0, 0.1) is 0 Å². The number of benzene rings is 1. The van der Waals surface area contributed by atoms with Crippen LogP contribution in [-0.2, 0) is 6.18 Å². The average Bonchev–Trinajstić information content (AvgIpc) is 2.45. The van der Waals surface area contributed by atoms with E-state index in [-0.39, 0.29) is 0 Å². The predicted molar refractivity (Wildman–Crippen MR) is 48.3 cm³/mol. The summed E-state index contributed by atoms with van der Waals surface area (Å²) >= 11 is 5.64. The van der Waals surface area contributed by atoms with E-state index in [1.807, 2.05) is 0 Å². The first kappa shape index (κ1) is 9.40. The second kappa shape index (κ2) is 2.92. The number of rotatable bonds is 0. The van der Waals surface area contributed by atoms with Gasteiger partial charge in [0.1, 0.15) is 5.69 Å². The van der Waals surface area contributed by atoms with Gasteiger partial charge in [-0.15, -0.1) is 0 Å². The number of nitrogens with one attached hydrogen (secondary N) is 1. The van der Waals surface area contributed by atoms with E-state index in [4.69, 9.17) is 11.6 Å². The summed E-state index contributed by atoms with van der Waals surface area (Å²) in [6.07, 6.45) is -4.34. The zero-order valence-electron chi connectivity index (χ0n) is 6.82. The second-order valence-corrected chi connectivity index (χ2v) is 3.35. The van der Waals surface area contributed by atoms with Crippen LogP contribution in [0.15, 0.2) is 24.3 Å². The fourth-order valence-corrected chi connectivity index (χ4v) is 1.42. The smallest absolute Gasteiger partial charge is 0.351 e. The van der Waals surface area contributed by atoms with Crippen molar-refractivity contribution in [3.8, 4) is 0 Å². The van der Waals surface area contributed by atoms with Gasteiger partial charge < -0.3 is 4.98 Å². The zero-order valence-corrected chi connectivity index (χ0v) is 7.58. The first-order chi connectivity index (χ1) is 6.47. The molecule has 0 aliphatic rings. The van der Waals surface area contributed by atoms with E-state index in [0.717, 1.165) is 6.07 Å². The Labute approximate surface area is 82.5 Å². The Morgan fingerprint density at radius 1 is 1.14 bits per heavy atom. The van der Waals surface area contributed by atoms with Gasteiger partial charge in [0, 0.05) is 15.9 Å². The molecule has 1 aromatic carbocycles. The number of aromatic nitrogens is 1. The molecule has 0 unspecified atom stereocenters. The van der Waals surface area contributed by atoms with Crippen molar-refractivity contribution >= 4 is 22.5 Å². The van der Waals surface area contributed by atoms with E-state index in [1.165, 1.54) is 6.07 Å². The third kappa shape index (κ3) is 1.57. The highest BCUT2D eigenvalue weighted by atomic mass is 35.5. The Hall–Kier alpha value is -1.16. The van der Waals surface area contributed by atoms with Crippen LogP contribution in [0.2, 0.25) is 5.02 Å². The minimum Gasteiger partial charge on any atom is -0.351 e. The third-order valence-corrected chi connectivity index (χ3v) is 2.13. The summed E-state index contributed by atoms with van der Waals surface area (Å²) in [6, 6.07) is 5.62. The van der Waals surface area contributed by atoms with E-state index in [2.05, 4.69) is 4.98 Å². The number of fused-ring (bicyclic) bond motifs is 1. The Morgan fingerprint density at radius 3 is 2.50 bits per heavy atom. The Balaban J connectivity index is 2.63. The molecule has 0 aliphatic heterocycles. The maximum atomic E-state index is 12.3. The van der Waals surface area contributed by atoms with Crippen molar-refractivity contribution in [3.63, 3.8) is 0 Å². The van der Waals surface area contributed by atoms with Crippen molar-refractivity contribution in [2.75, 3.05) is 0 Å². The summed E-state index contributed by atoms with van der Waals surface area (Å²) in [5.74, 6) is 0. The molecule has 0 radical (unpaired) electrons. The summed E-state index contributed by atoms with van der Waals surface area (Å²) in [6.45, 7) is 0. The van der Waals surface area contributed by atoms with Crippen LogP contribution in [0.1, 0.15) is 5.69 Å². The molecule has 2 rings (SSSR count). The summed E-state index contributed by atoms with van der Waals surface area (Å²) in [4.78, 5) is 2.27. The normalized spacial score (nSPS) is 12.3. The zero-order chi connectivity index (χ0) is 10.3. The lowest BCUT2D eigenvalue weighted by molar-refractivity contribution is -0.140. The molecule has 74 valence electrons. The van der Waals surface area contributed by atoms with E-state index in [1.54, 1.807) is 12.1 Å². The molecule has 5 heteroatoms. The van der Waals surface area contributed by atoms with Gasteiger partial charge in [-0.1, -0.05) is 17.7 Å². The lowest BCUT2D eigenvalue weighted by Gasteiger charge is -2.00. The molecule has 1 nitrogen and oxygen atoms in total. The van der Waals surface area contributed by atoms with Crippen LogP contribution in [0.25, 0.3) is 10.9 Å². The molecule has 1 heterocycles. The summed E-state index contributed by atoms with van der Waals surface area (Å²) < 4.78 is 36.8. The largest absolute Gasteiger partial charge is 0.431 e. The SMILES string of the molecule is FC(F)(F)c1cc2ccc(Cl)cc2[nH]1. The van der Waals surface area contributed by atoms with E-state index in [0.29, 0.717) is 15.9 Å². The van der Waals surface area contributed by atoms with Crippen molar-refractivity contribution in [1.29, 1.82) is 0 Å². The topological polar surface area (TPSA) is 15.8 Å². The lowest BCUT2D eigenvalue weighted by atomic mass is 10.2. The highest BCUT2D eigenvalue weighted by molar-refractivity contribution is 6.31. The Morgan fingerprint density at radius 2 is 1.86 bits per heavy atom. The minimum absolute atomic E-state index is 0.393. The molecule has 0 bridgehead atoms. The van der Waals surface area contributed by atoms with Crippen molar-refractivity contribution in [2.45, 2.75) is 6.18 Å². The molecule has 0 atom stereocenters. The molecule has 14 heavy (non-hydrogen) atoms. The van der Waals surface area contributed by atoms with Crippen LogP contribution >= 0.6 is 11.6 Å². The van der Waals surface area contributed by atoms with Gasteiger partial charge in [0.05, 0.1) is 0 Å². The highest BCUT2D eigenvalue weighted by Crippen LogP contribution is 2.31. The molecule has 1 aromatic heterocycles. The molecule has 0 aliphatic carbocycles. The molecule has 2 aromatic rings. The molecule has 0 fully saturated rings. The second-order valence-electron chi connectivity index (χ2n) is 2.91. The van der Waals surface area contributed by atoms with E-state index in [9.17, 15) is 13.2 Å². The molecular formula is C9H5ClF3N. The van der Waals surface area contributed by atoms with Crippen LogP contribution < -0.4 is 0 Å². The van der Waals surface area contributed by atoms with Crippen molar-refractivity contribution < 1.29 is 13.2 Å². The van der Waals surface area contributed by atoms with Crippen LogP contribution in [-0.4, -0.2) is 4.98 Å². The Bertz CT molecular complexity index is 472. The van der Waals surface area contributed by atoms with Gasteiger partial charge in [-0.05, 0) is 18.2 Å². The maximum absolute atomic E-state index is 12.3. The summed E-state index contributed by atoms with van der Waals surface area (Å²) in [5, 5.41) is 0.912. The standard InChI is InChI=1S/C9H5ClF3N/c10-6-2-1-5-3-8(9(11,12)13)14-7(5)4-6/h1-4,14H. The van der Waals surface area contributed by atoms with Gasteiger partial charge in [0.15, 0.2) is 0 Å². The number of alkyl halides is 3. The number of aromatic amines is 1. The molecule has 0 amide bonds. The van der Waals surface area contributed by atoms with Crippen LogP contribution in [0.4, 0.5) is 13.2 Å². The first-order valence-corrected chi connectivity index (χ1v) is 4.20. The summed E-state index contributed by atoms with van der Waals surface area (Å²) in [7, 11) is 0. The van der Waals surface area contributed by atoms with Gasteiger partial charge >= 0.3 is 6.18 Å². The number of hydrogen-bond donors (Lipinski definition) is 1. The molecule has 0 saturated carbocycles. The van der Waals surface area contributed by atoms with Crippen molar-refractivity contribution in [1.82, 2.24) is 4.98 Å². The van der Waals surface area contributed by atoms with E-state index >= 15 is 0 Å². The van der Waals surface area contributed by atoms with E-state index < -0.39 is 11.9 Å². The highest BCUT2D eigenvalue weighted by Gasteiger charge is 2.32. The fourth-order valence-electron chi connectivity index (χ4n) is 1.25. The quantitative estimate of drug-likeness (QED) is 0.693.